The number of halogens is 1. The highest BCUT2D eigenvalue weighted by Crippen LogP contribution is 2.30. The third-order valence-electron chi connectivity index (χ3n) is 5.09. The van der Waals surface area contributed by atoms with Crippen molar-refractivity contribution in [1.29, 1.82) is 5.26 Å². The van der Waals surface area contributed by atoms with Crippen molar-refractivity contribution in [2.75, 3.05) is 19.7 Å². The quantitative estimate of drug-likeness (QED) is 0.555. The van der Waals surface area contributed by atoms with Gasteiger partial charge in [-0.1, -0.05) is 64.5 Å². The highest BCUT2D eigenvalue weighted by molar-refractivity contribution is 9.10. The molecule has 0 radical (unpaired) electrons. The van der Waals surface area contributed by atoms with E-state index < -0.39 is 0 Å². The van der Waals surface area contributed by atoms with Crippen LogP contribution in [0.25, 0.3) is 11.1 Å². The molecular weight excluding hydrogens is 428 g/mol. The van der Waals surface area contributed by atoms with Crippen molar-refractivity contribution in [2.24, 2.45) is 0 Å². The zero-order chi connectivity index (χ0) is 20.2. The van der Waals surface area contributed by atoms with Crippen molar-refractivity contribution in [3.05, 3.63) is 94.0 Å². The first kappa shape index (κ1) is 19.4. The van der Waals surface area contributed by atoms with Crippen LogP contribution in [0.2, 0.25) is 0 Å². The molecule has 1 heterocycles. The number of hydrogen-bond donors (Lipinski definition) is 0. The Bertz CT molecular complexity index is 1070. The fourth-order valence-electron chi connectivity index (χ4n) is 3.60. The number of benzene rings is 3. The second kappa shape index (κ2) is 8.60. The zero-order valence-electron chi connectivity index (χ0n) is 15.7. The number of carbonyl (C=O) groups excluding carboxylic acids is 1. The molecule has 1 aliphatic rings. The number of nitrogens with zero attached hydrogens (tertiary/aromatic N) is 2. The van der Waals surface area contributed by atoms with Crippen LogP contribution in [0.3, 0.4) is 0 Å². The topological polar surface area (TPSA) is 53.3 Å². The van der Waals surface area contributed by atoms with E-state index in [2.05, 4.69) is 22.0 Å². The summed E-state index contributed by atoms with van der Waals surface area (Å²) in [6.07, 6.45) is -0.153. The molecule has 29 heavy (non-hydrogen) atoms. The number of carbonyl (C=O) groups is 1. The Labute approximate surface area is 178 Å². The number of morpholine rings is 1. The van der Waals surface area contributed by atoms with E-state index in [4.69, 9.17) is 4.74 Å². The maximum atomic E-state index is 13.4. The molecule has 1 saturated heterocycles. The van der Waals surface area contributed by atoms with Crippen LogP contribution in [-0.2, 0) is 4.74 Å². The van der Waals surface area contributed by atoms with Gasteiger partial charge in [-0.05, 0) is 35.4 Å². The maximum Gasteiger partial charge on any atom is 0.254 e. The van der Waals surface area contributed by atoms with Crippen LogP contribution >= 0.6 is 15.9 Å². The summed E-state index contributed by atoms with van der Waals surface area (Å²) in [5.74, 6) is -0.0428. The van der Waals surface area contributed by atoms with Gasteiger partial charge >= 0.3 is 0 Å². The molecule has 1 atom stereocenters. The maximum absolute atomic E-state index is 13.4. The van der Waals surface area contributed by atoms with Crippen LogP contribution in [0, 0.1) is 11.3 Å². The van der Waals surface area contributed by atoms with Gasteiger partial charge in [-0.25, -0.2) is 0 Å². The molecular formula is C24H19BrN2O2. The molecule has 1 aliphatic heterocycles. The van der Waals surface area contributed by atoms with Crippen LogP contribution in [-0.4, -0.2) is 30.5 Å². The SMILES string of the molecule is N#Cc1ccccc1-c1ccccc1C(=O)N1CCO[C@H](c2ccc(Br)cc2)C1. The van der Waals surface area contributed by atoms with Crippen LogP contribution in [0.1, 0.15) is 27.6 Å². The van der Waals surface area contributed by atoms with Gasteiger partial charge in [-0.3, -0.25) is 4.79 Å². The molecule has 3 aromatic carbocycles. The largest absolute Gasteiger partial charge is 0.370 e. The number of rotatable bonds is 3. The summed E-state index contributed by atoms with van der Waals surface area (Å²) in [7, 11) is 0. The van der Waals surface area contributed by atoms with Gasteiger partial charge in [0.25, 0.3) is 5.91 Å². The third-order valence-corrected chi connectivity index (χ3v) is 5.62. The van der Waals surface area contributed by atoms with Gasteiger partial charge in [0.2, 0.25) is 0 Å². The van der Waals surface area contributed by atoms with Crippen molar-refractivity contribution < 1.29 is 9.53 Å². The molecule has 5 heteroatoms. The molecule has 0 bridgehead atoms. The Hall–Kier alpha value is -2.94. The lowest BCUT2D eigenvalue weighted by atomic mass is 9.95. The second-order valence-corrected chi connectivity index (χ2v) is 7.78. The number of hydrogen-bond acceptors (Lipinski definition) is 3. The molecule has 0 saturated carbocycles. The van der Waals surface area contributed by atoms with Crippen molar-refractivity contribution in [3.8, 4) is 17.2 Å². The third kappa shape index (κ3) is 4.09. The highest BCUT2D eigenvalue weighted by Gasteiger charge is 2.27. The summed E-state index contributed by atoms with van der Waals surface area (Å²) in [5, 5.41) is 9.47. The van der Waals surface area contributed by atoms with Crippen molar-refractivity contribution in [3.63, 3.8) is 0 Å². The molecule has 3 aromatic rings. The monoisotopic (exact) mass is 446 g/mol. The fraction of sp³-hybridized carbons (Fsp3) is 0.167. The molecule has 1 fully saturated rings. The standard InChI is InChI=1S/C24H19BrN2O2/c25-19-11-9-17(10-12-19)23-16-27(13-14-29-23)24(28)22-8-4-3-7-21(22)20-6-2-1-5-18(20)15-26/h1-12,23H,13-14,16H2/t23-/m0/s1. The lowest BCUT2D eigenvalue weighted by Crippen LogP contribution is -2.42. The van der Waals surface area contributed by atoms with E-state index in [1.807, 2.05) is 71.6 Å². The van der Waals surface area contributed by atoms with Crippen LogP contribution in [0.15, 0.2) is 77.3 Å². The molecule has 0 aromatic heterocycles. The summed E-state index contributed by atoms with van der Waals surface area (Å²) in [6, 6.07) is 25.1. The molecule has 0 unspecified atom stereocenters. The predicted octanol–water partition coefficient (Wildman–Crippen LogP) is 5.20. The summed E-state index contributed by atoms with van der Waals surface area (Å²) < 4.78 is 6.93. The van der Waals surface area contributed by atoms with Gasteiger partial charge < -0.3 is 9.64 Å². The van der Waals surface area contributed by atoms with Crippen LogP contribution in [0.5, 0.6) is 0 Å². The molecule has 0 spiro atoms. The molecule has 0 N–H and O–H groups in total. The molecule has 4 nitrogen and oxygen atoms in total. The van der Waals surface area contributed by atoms with Gasteiger partial charge in [0.05, 0.1) is 24.8 Å². The van der Waals surface area contributed by atoms with E-state index in [1.54, 1.807) is 6.07 Å². The van der Waals surface area contributed by atoms with Crippen molar-refractivity contribution >= 4 is 21.8 Å². The lowest BCUT2D eigenvalue weighted by Gasteiger charge is -2.33. The fourth-order valence-corrected chi connectivity index (χ4v) is 3.87. The molecule has 0 aliphatic carbocycles. The molecule has 1 amide bonds. The minimum atomic E-state index is -0.153. The van der Waals surface area contributed by atoms with Gasteiger partial charge in [0, 0.05) is 22.1 Å². The van der Waals surface area contributed by atoms with Gasteiger partial charge in [0.1, 0.15) is 6.10 Å². The predicted molar refractivity (Wildman–Crippen MR) is 115 cm³/mol. The minimum absolute atomic E-state index is 0.0428. The molecule has 4 rings (SSSR count). The van der Waals surface area contributed by atoms with E-state index in [9.17, 15) is 10.1 Å². The Morgan fingerprint density at radius 2 is 1.69 bits per heavy atom. The first-order valence-corrected chi connectivity index (χ1v) is 10.2. The second-order valence-electron chi connectivity index (χ2n) is 6.87. The minimum Gasteiger partial charge on any atom is -0.370 e. The summed E-state index contributed by atoms with van der Waals surface area (Å²) in [5.41, 5.74) is 3.76. The molecule has 144 valence electrons. The summed E-state index contributed by atoms with van der Waals surface area (Å²) in [6.45, 7) is 1.53. The summed E-state index contributed by atoms with van der Waals surface area (Å²) >= 11 is 3.45. The number of amides is 1. The van der Waals surface area contributed by atoms with Gasteiger partial charge in [-0.2, -0.15) is 5.26 Å². The van der Waals surface area contributed by atoms with Gasteiger partial charge in [-0.15, -0.1) is 0 Å². The normalized spacial score (nSPS) is 16.3. The van der Waals surface area contributed by atoms with Crippen LogP contribution < -0.4 is 0 Å². The van der Waals surface area contributed by atoms with E-state index in [0.29, 0.717) is 30.8 Å². The van der Waals surface area contributed by atoms with Crippen molar-refractivity contribution in [1.82, 2.24) is 4.90 Å². The Kier molecular flexibility index (Phi) is 5.75. The van der Waals surface area contributed by atoms with E-state index in [1.165, 1.54) is 0 Å². The average molecular weight is 447 g/mol. The average Bonchev–Trinajstić information content (AvgIpc) is 2.79. The smallest absolute Gasteiger partial charge is 0.254 e. The number of ether oxygens (including phenoxy) is 1. The Morgan fingerprint density at radius 1 is 1.00 bits per heavy atom. The van der Waals surface area contributed by atoms with Gasteiger partial charge in [0.15, 0.2) is 0 Å². The summed E-state index contributed by atoms with van der Waals surface area (Å²) in [4.78, 5) is 15.2. The first-order chi connectivity index (χ1) is 14.2. The Balaban J connectivity index is 1.63. The lowest BCUT2D eigenvalue weighted by molar-refractivity contribution is -0.0228. The van der Waals surface area contributed by atoms with E-state index in [-0.39, 0.29) is 12.0 Å². The zero-order valence-corrected chi connectivity index (χ0v) is 17.3. The Morgan fingerprint density at radius 3 is 2.45 bits per heavy atom. The first-order valence-electron chi connectivity index (χ1n) is 9.42. The van der Waals surface area contributed by atoms with Crippen molar-refractivity contribution in [2.45, 2.75) is 6.10 Å². The van der Waals surface area contributed by atoms with E-state index in [0.717, 1.165) is 21.2 Å². The van der Waals surface area contributed by atoms with Crippen LogP contribution in [0.4, 0.5) is 0 Å². The highest BCUT2D eigenvalue weighted by atomic mass is 79.9. The van der Waals surface area contributed by atoms with E-state index >= 15 is 0 Å². The number of nitriles is 1.